The van der Waals surface area contributed by atoms with Crippen molar-refractivity contribution in [1.82, 2.24) is 10.2 Å². The van der Waals surface area contributed by atoms with E-state index in [0.717, 1.165) is 37.6 Å². The number of nitrogens with one attached hydrogen (secondary N) is 1. The first-order valence-electron chi connectivity index (χ1n) is 10.3. The molecule has 0 saturated carbocycles. The van der Waals surface area contributed by atoms with Crippen molar-refractivity contribution in [3.63, 3.8) is 0 Å². The summed E-state index contributed by atoms with van der Waals surface area (Å²) in [4.78, 5) is 17.2. The van der Waals surface area contributed by atoms with Gasteiger partial charge in [-0.25, -0.2) is 4.39 Å². The molecule has 1 aromatic heterocycles. The van der Waals surface area contributed by atoms with Crippen LogP contribution in [0.3, 0.4) is 0 Å². The molecule has 3 aromatic rings. The Morgan fingerprint density at radius 1 is 1.06 bits per heavy atom. The Hall–Kier alpha value is -3.32. The van der Waals surface area contributed by atoms with Gasteiger partial charge in [0.05, 0.1) is 19.4 Å². The fourth-order valence-electron chi connectivity index (χ4n) is 3.87. The first kappa shape index (κ1) is 20.9. The maximum atomic E-state index is 13.2. The van der Waals surface area contributed by atoms with Gasteiger partial charge in [-0.2, -0.15) is 0 Å². The van der Waals surface area contributed by atoms with E-state index < -0.39 is 0 Å². The lowest BCUT2D eigenvalue weighted by Gasteiger charge is -2.39. The van der Waals surface area contributed by atoms with Crippen molar-refractivity contribution in [1.29, 1.82) is 0 Å². The van der Waals surface area contributed by atoms with Crippen molar-refractivity contribution >= 4 is 11.6 Å². The van der Waals surface area contributed by atoms with Crippen LogP contribution in [-0.2, 0) is 0 Å². The van der Waals surface area contributed by atoms with Gasteiger partial charge in [0, 0.05) is 44.0 Å². The topological polar surface area (TPSA) is 58.0 Å². The highest BCUT2D eigenvalue weighted by Gasteiger charge is 2.27. The Balaban J connectivity index is 1.39. The molecule has 0 spiro atoms. The van der Waals surface area contributed by atoms with Gasteiger partial charge in [-0.05, 0) is 60.7 Å². The molecule has 1 amide bonds. The van der Waals surface area contributed by atoms with E-state index in [1.54, 1.807) is 37.6 Å². The molecule has 7 heteroatoms. The molecule has 0 bridgehead atoms. The Morgan fingerprint density at radius 3 is 2.39 bits per heavy atom. The van der Waals surface area contributed by atoms with Crippen LogP contribution in [0.1, 0.15) is 22.2 Å². The second kappa shape index (κ2) is 9.66. The predicted molar refractivity (Wildman–Crippen MR) is 117 cm³/mol. The number of ether oxygens (including phenoxy) is 1. The molecular weight excluding hydrogens is 397 g/mol. The van der Waals surface area contributed by atoms with Gasteiger partial charge in [0.2, 0.25) is 0 Å². The number of hydrogen-bond acceptors (Lipinski definition) is 5. The molecule has 1 fully saturated rings. The van der Waals surface area contributed by atoms with Crippen molar-refractivity contribution in [2.24, 2.45) is 0 Å². The first-order chi connectivity index (χ1) is 15.1. The summed E-state index contributed by atoms with van der Waals surface area (Å²) in [6.45, 7) is 3.68. The highest BCUT2D eigenvalue weighted by Crippen LogP contribution is 2.25. The predicted octanol–water partition coefficient (Wildman–Crippen LogP) is 3.72. The molecule has 2 heterocycles. The summed E-state index contributed by atoms with van der Waals surface area (Å²) in [5.41, 5.74) is 1.60. The van der Waals surface area contributed by atoms with Crippen LogP contribution in [0.5, 0.6) is 5.75 Å². The minimum atomic E-state index is -0.229. The molecule has 0 unspecified atom stereocenters. The first-order valence-corrected chi connectivity index (χ1v) is 10.3. The second-order valence-corrected chi connectivity index (χ2v) is 7.47. The molecule has 1 aliphatic heterocycles. The molecule has 2 aromatic carbocycles. The lowest BCUT2D eigenvalue weighted by atomic mass is 10.1. The number of carbonyl (C=O) groups excluding carboxylic acids is 1. The minimum absolute atomic E-state index is 0.0624. The highest BCUT2D eigenvalue weighted by molar-refractivity contribution is 5.94. The Kier molecular flexibility index (Phi) is 6.52. The van der Waals surface area contributed by atoms with E-state index in [0.29, 0.717) is 17.9 Å². The quantitative estimate of drug-likeness (QED) is 0.628. The zero-order chi connectivity index (χ0) is 21.6. The number of benzene rings is 2. The van der Waals surface area contributed by atoms with Gasteiger partial charge in [-0.15, -0.1) is 0 Å². The fourth-order valence-corrected chi connectivity index (χ4v) is 3.87. The summed E-state index contributed by atoms with van der Waals surface area (Å²) >= 11 is 0. The summed E-state index contributed by atoms with van der Waals surface area (Å²) in [5, 5.41) is 3.03. The van der Waals surface area contributed by atoms with Gasteiger partial charge < -0.3 is 19.4 Å². The number of halogens is 1. The Bertz CT molecular complexity index is 966. The molecule has 162 valence electrons. The van der Waals surface area contributed by atoms with Gasteiger partial charge in [0.15, 0.2) is 0 Å². The average Bonchev–Trinajstić information content (AvgIpc) is 3.35. The third-order valence-corrected chi connectivity index (χ3v) is 5.63. The van der Waals surface area contributed by atoms with Crippen LogP contribution in [0.15, 0.2) is 71.3 Å². The average molecular weight is 423 g/mol. The largest absolute Gasteiger partial charge is 0.497 e. The van der Waals surface area contributed by atoms with Gasteiger partial charge in [0.25, 0.3) is 5.91 Å². The standard InChI is InChI=1S/C24H26FN3O3/c1-30-21-10-4-18(5-11-21)24(29)26-17-22(23-3-2-16-31-23)28-14-12-27(13-15-28)20-8-6-19(25)7-9-20/h2-11,16,22H,12-15,17H2,1H3,(H,26,29)/t22-/m1/s1. The molecule has 6 nitrogen and oxygen atoms in total. The lowest BCUT2D eigenvalue weighted by molar-refractivity contribution is 0.0923. The maximum Gasteiger partial charge on any atom is 0.251 e. The molecular formula is C24H26FN3O3. The number of anilines is 1. The Labute approximate surface area is 181 Å². The van der Waals surface area contributed by atoms with Gasteiger partial charge in [0.1, 0.15) is 17.3 Å². The van der Waals surface area contributed by atoms with E-state index >= 15 is 0 Å². The monoisotopic (exact) mass is 423 g/mol. The number of rotatable bonds is 7. The van der Waals surface area contributed by atoms with E-state index in [-0.39, 0.29) is 17.8 Å². The van der Waals surface area contributed by atoms with E-state index in [1.165, 1.54) is 12.1 Å². The lowest BCUT2D eigenvalue weighted by Crippen LogP contribution is -2.49. The third kappa shape index (κ3) is 5.06. The summed E-state index contributed by atoms with van der Waals surface area (Å²) in [6, 6.07) is 17.4. The van der Waals surface area contributed by atoms with Gasteiger partial charge in [-0.1, -0.05) is 0 Å². The molecule has 1 N–H and O–H groups in total. The molecule has 4 rings (SSSR count). The second-order valence-electron chi connectivity index (χ2n) is 7.47. The van der Waals surface area contributed by atoms with Gasteiger partial charge >= 0.3 is 0 Å². The van der Waals surface area contributed by atoms with Crippen LogP contribution < -0.4 is 15.0 Å². The molecule has 1 atom stereocenters. The third-order valence-electron chi connectivity index (χ3n) is 5.63. The number of methoxy groups -OCH3 is 1. The zero-order valence-corrected chi connectivity index (χ0v) is 17.5. The fraction of sp³-hybridized carbons (Fsp3) is 0.292. The smallest absolute Gasteiger partial charge is 0.251 e. The van der Waals surface area contributed by atoms with Gasteiger partial charge in [-0.3, -0.25) is 9.69 Å². The number of amides is 1. The molecule has 1 aliphatic rings. The van der Waals surface area contributed by atoms with Crippen molar-refractivity contribution in [2.45, 2.75) is 6.04 Å². The van der Waals surface area contributed by atoms with Crippen LogP contribution in [0, 0.1) is 5.82 Å². The summed E-state index contributed by atoms with van der Waals surface area (Å²) < 4.78 is 24.0. The van der Waals surface area contributed by atoms with Crippen molar-refractivity contribution in [3.8, 4) is 5.75 Å². The van der Waals surface area contributed by atoms with E-state index in [1.807, 2.05) is 24.3 Å². The summed E-state index contributed by atoms with van der Waals surface area (Å²) in [5.74, 6) is 1.17. The molecule has 31 heavy (non-hydrogen) atoms. The zero-order valence-electron chi connectivity index (χ0n) is 17.5. The SMILES string of the molecule is COc1ccc(C(=O)NC[C@H](c2ccco2)N2CCN(c3ccc(F)cc3)CC2)cc1. The van der Waals surface area contributed by atoms with Crippen LogP contribution in [0.25, 0.3) is 0 Å². The Morgan fingerprint density at radius 2 is 1.77 bits per heavy atom. The number of nitrogens with zero attached hydrogens (tertiary/aromatic N) is 2. The number of carbonyl (C=O) groups is 1. The molecule has 0 aliphatic carbocycles. The number of furan rings is 1. The van der Waals surface area contributed by atoms with Crippen molar-refractivity contribution < 1.29 is 18.3 Å². The maximum absolute atomic E-state index is 13.2. The van der Waals surface area contributed by atoms with E-state index in [2.05, 4.69) is 15.1 Å². The van der Waals surface area contributed by atoms with Crippen LogP contribution >= 0.6 is 0 Å². The number of piperazine rings is 1. The molecule has 1 saturated heterocycles. The van der Waals surface area contributed by atoms with E-state index in [4.69, 9.17) is 9.15 Å². The number of hydrogen-bond donors (Lipinski definition) is 1. The summed E-state index contributed by atoms with van der Waals surface area (Å²) in [7, 11) is 1.60. The van der Waals surface area contributed by atoms with E-state index in [9.17, 15) is 9.18 Å². The van der Waals surface area contributed by atoms with Crippen LogP contribution in [0.2, 0.25) is 0 Å². The highest BCUT2D eigenvalue weighted by atomic mass is 19.1. The summed E-state index contributed by atoms with van der Waals surface area (Å²) in [6.07, 6.45) is 1.66. The van der Waals surface area contributed by atoms with Crippen LogP contribution in [0.4, 0.5) is 10.1 Å². The molecule has 0 radical (unpaired) electrons. The van der Waals surface area contributed by atoms with Crippen molar-refractivity contribution in [2.75, 3.05) is 44.7 Å². The van der Waals surface area contributed by atoms with Crippen molar-refractivity contribution in [3.05, 3.63) is 84.1 Å². The minimum Gasteiger partial charge on any atom is -0.497 e. The normalized spacial score (nSPS) is 15.5. The van der Waals surface area contributed by atoms with Crippen LogP contribution in [-0.4, -0.2) is 50.6 Å².